The van der Waals surface area contributed by atoms with Crippen molar-refractivity contribution in [2.75, 3.05) is 17.7 Å². The number of hydrogen-bond donors (Lipinski definition) is 2. The first-order chi connectivity index (χ1) is 12.7. The monoisotopic (exact) mass is 395 g/mol. The lowest BCUT2D eigenvalue weighted by Crippen LogP contribution is -2.30. The Bertz CT molecular complexity index is 906. The predicted molar refractivity (Wildman–Crippen MR) is 97.6 cm³/mol. The SMILES string of the molecule is CNc1ccc([N+](=O)[O-])cc1C(=O)O[C@@H](C)C(=O)Nc1ccc(F)c(Cl)c1. The summed E-state index contributed by atoms with van der Waals surface area (Å²) in [5.41, 5.74) is 0.152. The van der Waals surface area contributed by atoms with Crippen LogP contribution in [0.2, 0.25) is 5.02 Å². The number of nitro groups is 1. The number of anilines is 2. The molecule has 0 saturated carbocycles. The number of benzene rings is 2. The number of nitrogens with one attached hydrogen (secondary N) is 2. The van der Waals surface area contributed by atoms with Crippen LogP contribution < -0.4 is 10.6 Å². The van der Waals surface area contributed by atoms with Crippen molar-refractivity contribution < 1.29 is 23.6 Å². The molecular formula is C17H15ClFN3O5. The molecular weight excluding hydrogens is 381 g/mol. The van der Waals surface area contributed by atoms with Gasteiger partial charge in [0.25, 0.3) is 11.6 Å². The number of nitrogens with zero attached hydrogens (tertiary/aromatic N) is 1. The summed E-state index contributed by atoms with van der Waals surface area (Å²) in [6, 6.07) is 7.24. The topological polar surface area (TPSA) is 111 Å². The van der Waals surface area contributed by atoms with E-state index in [1.807, 2.05) is 0 Å². The van der Waals surface area contributed by atoms with Crippen LogP contribution in [0.3, 0.4) is 0 Å². The molecule has 2 aromatic rings. The normalized spacial score (nSPS) is 11.4. The fraction of sp³-hybridized carbons (Fsp3) is 0.176. The molecule has 2 N–H and O–H groups in total. The zero-order valence-electron chi connectivity index (χ0n) is 14.3. The number of rotatable bonds is 6. The molecule has 8 nitrogen and oxygen atoms in total. The van der Waals surface area contributed by atoms with Crippen molar-refractivity contribution in [3.05, 3.63) is 62.9 Å². The summed E-state index contributed by atoms with van der Waals surface area (Å²) < 4.78 is 18.2. The summed E-state index contributed by atoms with van der Waals surface area (Å²) in [7, 11) is 1.53. The molecule has 0 saturated heterocycles. The number of carbonyl (C=O) groups is 2. The van der Waals surface area contributed by atoms with Gasteiger partial charge in [-0.2, -0.15) is 0 Å². The van der Waals surface area contributed by atoms with Crippen LogP contribution in [0, 0.1) is 15.9 Å². The van der Waals surface area contributed by atoms with Crippen LogP contribution >= 0.6 is 11.6 Å². The second kappa shape index (κ2) is 8.45. The number of carbonyl (C=O) groups excluding carboxylic acids is 2. The maximum atomic E-state index is 13.1. The minimum absolute atomic E-state index is 0.0869. The Balaban J connectivity index is 2.12. The van der Waals surface area contributed by atoms with E-state index >= 15 is 0 Å². The molecule has 0 aliphatic rings. The van der Waals surface area contributed by atoms with Gasteiger partial charge in [-0.05, 0) is 31.2 Å². The number of esters is 1. The van der Waals surface area contributed by atoms with E-state index < -0.39 is 28.7 Å². The highest BCUT2D eigenvalue weighted by atomic mass is 35.5. The molecule has 2 rings (SSSR count). The molecule has 0 aliphatic carbocycles. The van der Waals surface area contributed by atoms with E-state index in [4.69, 9.17) is 16.3 Å². The predicted octanol–water partition coefficient (Wildman–Crippen LogP) is 3.61. The van der Waals surface area contributed by atoms with Crippen molar-refractivity contribution in [2.45, 2.75) is 13.0 Å². The van der Waals surface area contributed by atoms with E-state index in [0.29, 0.717) is 5.69 Å². The van der Waals surface area contributed by atoms with Crippen molar-refractivity contribution in [3.8, 4) is 0 Å². The number of halogens is 2. The van der Waals surface area contributed by atoms with Crippen molar-refractivity contribution >= 4 is 40.5 Å². The maximum absolute atomic E-state index is 13.1. The lowest BCUT2D eigenvalue weighted by Gasteiger charge is -2.15. The molecule has 0 aromatic heterocycles. The van der Waals surface area contributed by atoms with E-state index in [1.165, 1.54) is 38.2 Å². The summed E-state index contributed by atoms with van der Waals surface area (Å²) in [4.78, 5) is 34.7. The Labute approximate surface area is 158 Å². The van der Waals surface area contributed by atoms with Gasteiger partial charge in [0.2, 0.25) is 0 Å². The summed E-state index contributed by atoms with van der Waals surface area (Å²) in [6.45, 7) is 1.33. The molecule has 0 bridgehead atoms. The standard InChI is InChI=1S/C17H15ClFN3O5/c1-9(16(23)21-10-3-5-14(19)13(18)7-10)27-17(24)12-8-11(22(25)26)4-6-15(12)20-2/h3-9,20H,1-2H3,(H,21,23)/t9-/m0/s1. The van der Waals surface area contributed by atoms with E-state index in [1.54, 1.807) is 0 Å². The van der Waals surface area contributed by atoms with Gasteiger partial charge in [-0.15, -0.1) is 0 Å². The van der Waals surface area contributed by atoms with E-state index in [2.05, 4.69) is 10.6 Å². The van der Waals surface area contributed by atoms with Crippen molar-refractivity contribution in [1.29, 1.82) is 0 Å². The molecule has 0 unspecified atom stereocenters. The molecule has 1 amide bonds. The molecule has 0 radical (unpaired) electrons. The van der Waals surface area contributed by atoms with Gasteiger partial charge in [-0.1, -0.05) is 11.6 Å². The van der Waals surface area contributed by atoms with Crippen LogP contribution in [0.4, 0.5) is 21.5 Å². The Hall–Kier alpha value is -3.20. The van der Waals surface area contributed by atoms with Crippen LogP contribution in [0.15, 0.2) is 36.4 Å². The Kier molecular flexibility index (Phi) is 6.30. The Morgan fingerprint density at radius 2 is 1.96 bits per heavy atom. The fourth-order valence-electron chi connectivity index (χ4n) is 2.13. The van der Waals surface area contributed by atoms with Gasteiger partial charge in [0.15, 0.2) is 6.10 Å². The highest BCUT2D eigenvalue weighted by Gasteiger charge is 2.23. The van der Waals surface area contributed by atoms with Crippen molar-refractivity contribution in [1.82, 2.24) is 0 Å². The number of nitro benzene ring substituents is 1. The molecule has 0 aliphatic heterocycles. The first kappa shape index (κ1) is 20.1. The average molecular weight is 396 g/mol. The third-order valence-electron chi connectivity index (χ3n) is 3.54. The largest absolute Gasteiger partial charge is 0.449 e. The average Bonchev–Trinajstić information content (AvgIpc) is 2.63. The number of non-ortho nitro benzene ring substituents is 1. The van der Waals surface area contributed by atoms with Crippen LogP contribution in [-0.2, 0) is 9.53 Å². The lowest BCUT2D eigenvalue weighted by atomic mass is 10.1. The lowest BCUT2D eigenvalue weighted by molar-refractivity contribution is -0.384. The quantitative estimate of drug-likeness (QED) is 0.439. The Morgan fingerprint density at radius 3 is 2.56 bits per heavy atom. The van der Waals surface area contributed by atoms with Gasteiger partial charge in [0.05, 0.1) is 15.5 Å². The van der Waals surface area contributed by atoms with Gasteiger partial charge in [-0.25, -0.2) is 9.18 Å². The molecule has 0 heterocycles. The first-order valence-corrected chi connectivity index (χ1v) is 8.03. The Morgan fingerprint density at radius 1 is 1.26 bits per heavy atom. The summed E-state index contributed by atoms with van der Waals surface area (Å²) in [5.74, 6) is -2.23. The number of amides is 1. The van der Waals surface area contributed by atoms with Gasteiger partial charge < -0.3 is 15.4 Å². The van der Waals surface area contributed by atoms with Gasteiger partial charge in [0, 0.05) is 30.6 Å². The molecule has 27 heavy (non-hydrogen) atoms. The molecule has 1 atom stereocenters. The van der Waals surface area contributed by atoms with Gasteiger partial charge in [0.1, 0.15) is 5.82 Å². The number of ether oxygens (including phenoxy) is 1. The van der Waals surface area contributed by atoms with Crippen LogP contribution in [0.1, 0.15) is 17.3 Å². The highest BCUT2D eigenvalue weighted by Crippen LogP contribution is 2.23. The molecule has 10 heteroatoms. The molecule has 142 valence electrons. The van der Waals surface area contributed by atoms with E-state index in [9.17, 15) is 24.1 Å². The number of hydrogen-bond acceptors (Lipinski definition) is 6. The molecule has 0 spiro atoms. The zero-order valence-corrected chi connectivity index (χ0v) is 15.0. The minimum atomic E-state index is -1.22. The van der Waals surface area contributed by atoms with Crippen molar-refractivity contribution in [2.24, 2.45) is 0 Å². The van der Waals surface area contributed by atoms with E-state index in [-0.39, 0.29) is 22.0 Å². The van der Waals surface area contributed by atoms with Gasteiger partial charge >= 0.3 is 5.97 Å². The molecule has 2 aromatic carbocycles. The van der Waals surface area contributed by atoms with Crippen molar-refractivity contribution in [3.63, 3.8) is 0 Å². The second-order valence-electron chi connectivity index (χ2n) is 5.40. The van der Waals surface area contributed by atoms with Gasteiger partial charge in [-0.3, -0.25) is 14.9 Å². The summed E-state index contributed by atoms with van der Waals surface area (Å²) in [6.07, 6.45) is -1.22. The van der Waals surface area contributed by atoms with Crippen LogP contribution in [-0.4, -0.2) is 30.0 Å². The fourth-order valence-corrected chi connectivity index (χ4v) is 2.31. The second-order valence-corrected chi connectivity index (χ2v) is 5.81. The zero-order chi connectivity index (χ0) is 20.1. The van der Waals surface area contributed by atoms with Crippen LogP contribution in [0.5, 0.6) is 0 Å². The third-order valence-corrected chi connectivity index (χ3v) is 3.83. The smallest absolute Gasteiger partial charge is 0.341 e. The van der Waals surface area contributed by atoms with E-state index in [0.717, 1.165) is 12.1 Å². The van der Waals surface area contributed by atoms with Crippen LogP contribution in [0.25, 0.3) is 0 Å². The summed E-state index contributed by atoms with van der Waals surface area (Å²) in [5, 5.41) is 15.9. The molecule has 0 fully saturated rings. The summed E-state index contributed by atoms with van der Waals surface area (Å²) >= 11 is 5.64. The third kappa shape index (κ3) is 4.91. The minimum Gasteiger partial charge on any atom is -0.449 e. The maximum Gasteiger partial charge on any atom is 0.341 e. The highest BCUT2D eigenvalue weighted by molar-refractivity contribution is 6.31. The first-order valence-electron chi connectivity index (χ1n) is 7.66.